The molecule has 11 heteroatoms. The number of hydrogen-bond donors (Lipinski definition) is 0. The average molecular weight is 419 g/mol. The van der Waals surface area contributed by atoms with Gasteiger partial charge in [-0.1, -0.05) is 0 Å². The summed E-state index contributed by atoms with van der Waals surface area (Å²) in [6.45, 7) is 3.57. The molecular weight excluding hydrogens is 398 g/mol. The Labute approximate surface area is 171 Å². The van der Waals surface area contributed by atoms with Crippen molar-refractivity contribution in [1.82, 2.24) is 9.78 Å². The molecule has 0 aliphatic carbocycles. The number of methoxy groups -OCH3 is 2. The fourth-order valence-corrected chi connectivity index (χ4v) is 3.68. The number of nitro groups is 1. The van der Waals surface area contributed by atoms with E-state index in [1.54, 1.807) is 13.8 Å². The average Bonchev–Trinajstić information content (AvgIpc) is 3.36. The van der Waals surface area contributed by atoms with Gasteiger partial charge < -0.3 is 23.7 Å². The van der Waals surface area contributed by atoms with Gasteiger partial charge in [0.15, 0.2) is 17.8 Å². The maximum absolute atomic E-state index is 12.3. The van der Waals surface area contributed by atoms with E-state index in [1.165, 1.54) is 49.2 Å². The fraction of sp³-hybridized carbons (Fsp3) is 0.474. The van der Waals surface area contributed by atoms with Gasteiger partial charge in [0.2, 0.25) is 0 Å². The standard InChI is InChI=1S/C19H21N3O8/c1-19(2)29-16-15(26-3)14(28-18(16)30-19)12-9-13(17(23)27-4)21(20-12)10-5-7-11(8-6-10)22(24)25/h5-9,14-16,18H,1-4H3. The van der Waals surface area contributed by atoms with E-state index in [4.69, 9.17) is 23.7 Å². The molecule has 4 unspecified atom stereocenters. The highest BCUT2D eigenvalue weighted by molar-refractivity contribution is 5.88. The van der Waals surface area contributed by atoms with E-state index < -0.39 is 41.3 Å². The maximum Gasteiger partial charge on any atom is 0.356 e. The number of nitro benzene ring substituents is 1. The number of hydrogen-bond acceptors (Lipinski definition) is 9. The first kappa shape index (κ1) is 20.4. The van der Waals surface area contributed by atoms with Crippen molar-refractivity contribution in [3.05, 3.63) is 51.8 Å². The van der Waals surface area contributed by atoms with Gasteiger partial charge in [0, 0.05) is 19.2 Å². The second-order valence-electron chi connectivity index (χ2n) is 7.36. The minimum atomic E-state index is -0.799. The van der Waals surface area contributed by atoms with Gasteiger partial charge in [-0.25, -0.2) is 9.48 Å². The van der Waals surface area contributed by atoms with Crippen LogP contribution in [0.1, 0.15) is 36.1 Å². The maximum atomic E-state index is 12.3. The monoisotopic (exact) mass is 419 g/mol. The minimum absolute atomic E-state index is 0.0749. The lowest BCUT2D eigenvalue weighted by molar-refractivity contribution is -0.384. The zero-order valence-electron chi connectivity index (χ0n) is 16.8. The summed E-state index contributed by atoms with van der Waals surface area (Å²) in [5.74, 6) is -1.42. The van der Waals surface area contributed by atoms with Gasteiger partial charge in [0.1, 0.15) is 18.3 Å². The van der Waals surface area contributed by atoms with E-state index in [-0.39, 0.29) is 11.4 Å². The van der Waals surface area contributed by atoms with Crippen LogP contribution in [0.4, 0.5) is 5.69 Å². The molecule has 0 spiro atoms. The third-order valence-corrected chi connectivity index (χ3v) is 4.98. The van der Waals surface area contributed by atoms with Crippen molar-refractivity contribution in [2.75, 3.05) is 14.2 Å². The number of nitrogens with zero attached hydrogens (tertiary/aromatic N) is 3. The summed E-state index contributed by atoms with van der Waals surface area (Å²) in [5, 5.41) is 15.4. The quantitative estimate of drug-likeness (QED) is 0.407. The molecule has 11 nitrogen and oxygen atoms in total. The summed E-state index contributed by atoms with van der Waals surface area (Å²) in [5.41, 5.74) is 0.932. The predicted octanol–water partition coefficient (Wildman–Crippen LogP) is 2.13. The number of ether oxygens (including phenoxy) is 5. The van der Waals surface area contributed by atoms with Crippen LogP contribution in [-0.4, -0.2) is 59.2 Å². The van der Waals surface area contributed by atoms with Crippen LogP contribution >= 0.6 is 0 Å². The molecule has 1 aromatic carbocycles. The molecule has 0 amide bonds. The molecule has 2 aliphatic rings. The first-order valence-electron chi connectivity index (χ1n) is 9.21. The molecule has 4 atom stereocenters. The summed E-state index contributed by atoms with van der Waals surface area (Å²) in [4.78, 5) is 22.7. The Kier molecular flexibility index (Phi) is 5.06. The highest BCUT2D eigenvalue weighted by Crippen LogP contribution is 2.44. The molecule has 2 saturated heterocycles. The molecular formula is C19H21N3O8. The van der Waals surface area contributed by atoms with E-state index in [2.05, 4.69) is 5.10 Å². The van der Waals surface area contributed by atoms with E-state index in [1.807, 2.05) is 0 Å². The lowest BCUT2D eigenvalue weighted by Crippen LogP contribution is -2.33. The van der Waals surface area contributed by atoms with Crippen LogP contribution in [0.3, 0.4) is 0 Å². The lowest BCUT2D eigenvalue weighted by Gasteiger charge is -2.24. The van der Waals surface area contributed by atoms with Crippen molar-refractivity contribution in [2.24, 2.45) is 0 Å². The molecule has 2 aliphatic heterocycles. The Morgan fingerprint density at radius 1 is 1.23 bits per heavy atom. The summed E-state index contributed by atoms with van der Waals surface area (Å²) in [7, 11) is 2.79. The zero-order chi connectivity index (χ0) is 21.6. The van der Waals surface area contributed by atoms with Gasteiger partial charge in [0.05, 0.1) is 23.4 Å². The number of aromatic nitrogens is 2. The molecule has 0 bridgehead atoms. The number of carbonyl (C=O) groups excluding carboxylic acids is 1. The van der Waals surface area contributed by atoms with Crippen LogP contribution in [0, 0.1) is 10.1 Å². The number of carbonyl (C=O) groups is 1. The topological polar surface area (TPSA) is 124 Å². The second-order valence-corrected chi connectivity index (χ2v) is 7.36. The third-order valence-electron chi connectivity index (χ3n) is 4.98. The van der Waals surface area contributed by atoms with Gasteiger partial charge in [-0.05, 0) is 32.0 Å². The summed E-state index contributed by atoms with van der Waals surface area (Å²) in [6.07, 6.45) is -2.26. The zero-order valence-corrected chi connectivity index (χ0v) is 16.8. The number of fused-ring (bicyclic) bond motifs is 1. The summed E-state index contributed by atoms with van der Waals surface area (Å²) >= 11 is 0. The van der Waals surface area contributed by atoms with Gasteiger partial charge in [-0.3, -0.25) is 10.1 Å². The number of non-ortho nitro benzene ring substituents is 1. The number of rotatable bonds is 5. The SMILES string of the molecule is COC(=O)c1cc(C2OC3OC(C)(C)OC3C2OC)nn1-c1ccc([N+](=O)[O-])cc1. The van der Waals surface area contributed by atoms with Gasteiger partial charge >= 0.3 is 5.97 Å². The molecule has 2 fully saturated rings. The Hall–Kier alpha value is -2.86. The van der Waals surface area contributed by atoms with Crippen LogP contribution in [0.2, 0.25) is 0 Å². The Bertz CT molecular complexity index is 971. The summed E-state index contributed by atoms with van der Waals surface area (Å²) < 4.78 is 29.5. The van der Waals surface area contributed by atoms with Crippen LogP contribution in [0.25, 0.3) is 5.69 Å². The largest absolute Gasteiger partial charge is 0.464 e. The molecule has 4 rings (SSSR count). The first-order chi connectivity index (χ1) is 14.2. The molecule has 0 radical (unpaired) electrons. The summed E-state index contributed by atoms with van der Waals surface area (Å²) in [6, 6.07) is 7.18. The van der Waals surface area contributed by atoms with Crippen molar-refractivity contribution in [1.29, 1.82) is 0 Å². The number of benzene rings is 1. The molecule has 160 valence electrons. The predicted molar refractivity (Wildman–Crippen MR) is 100 cm³/mol. The van der Waals surface area contributed by atoms with Gasteiger partial charge in [-0.2, -0.15) is 5.10 Å². The normalized spacial score (nSPS) is 27.1. The highest BCUT2D eigenvalue weighted by atomic mass is 16.8. The van der Waals surface area contributed by atoms with E-state index >= 15 is 0 Å². The molecule has 1 aromatic heterocycles. The third kappa shape index (κ3) is 3.45. The highest BCUT2D eigenvalue weighted by Gasteiger charge is 2.56. The Balaban J connectivity index is 1.70. The molecule has 0 saturated carbocycles. The first-order valence-corrected chi connectivity index (χ1v) is 9.21. The molecule has 2 aromatic rings. The smallest absolute Gasteiger partial charge is 0.356 e. The van der Waals surface area contributed by atoms with Crippen molar-refractivity contribution < 1.29 is 33.4 Å². The molecule has 30 heavy (non-hydrogen) atoms. The van der Waals surface area contributed by atoms with Crippen molar-refractivity contribution in [3.8, 4) is 5.69 Å². The van der Waals surface area contributed by atoms with Crippen molar-refractivity contribution in [2.45, 2.75) is 44.2 Å². The van der Waals surface area contributed by atoms with E-state index in [0.29, 0.717) is 11.4 Å². The number of esters is 1. The Morgan fingerprint density at radius 3 is 2.53 bits per heavy atom. The van der Waals surface area contributed by atoms with E-state index in [0.717, 1.165) is 0 Å². The van der Waals surface area contributed by atoms with Crippen LogP contribution in [0.5, 0.6) is 0 Å². The van der Waals surface area contributed by atoms with Crippen LogP contribution in [-0.2, 0) is 23.7 Å². The van der Waals surface area contributed by atoms with Gasteiger partial charge in [0.25, 0.3) is 5.69 Å². The second kappa shape index (κ2) is 7.43. The van der Waals surface area contributed by atoms with E-state index in [9.17, 15) is 14.9 Å². The molecule has 3 heterocycles. The fourth-order valence-electron chi connectivity index (χ4n) is 3.68. The van der Waals surface area contributed by atoms with Crippen LogP contribution in [0.15, 0.2) is 30.3 Å². The Morgan fingerprint density at radius 2 is 1.93 bits per heavy atom. The van der Waals surface area contributed by atoms with Crippen LogP contribution < -0.4 is 0 Å². The minimum Gasteiger partial charge on any atom is -0.464 e. The lowest BCUT2D eigenvalue weighted by atomic mass is 10.1. The van der Waals surface area contributed by atoms with Crippen molar-refractivity contribution in [3.63, 3.8) is 0 Å². The van der Waals surface area contributed by atoms with Crippen molar-refractivity contribution >= 4 is 11.7 Å². The molecule has 0 N–H and O–H groups in total. The van der Waals surface area contributed by atoms with Gasteiger partial charge in [-0.15, -0.1) is 0 Å².